The van der Waals surface area contributed by atoms with Gasteiger partial charge in [0, 0.05) is 36.0 Å². The van der Waals surface area contributed by atoms with Crippen LogP contribution in [0.2, 0.25) is 0 Å². The summed E-state index contributed by atoms with van der Waals surface area (Å²) in [5.41, 5.74) is 0.587. The van der Waals surface area contributed by atoms with Gasteiger partial charge in [-0.15, -0.1) is 0 Å². The van der Waals surface area contributed by atoms with E-state index in [1.54, 1.807) is 29.2 Å². The first-order chi connectivity index (χ1) is 10.6. The van der Waals surface area contributed by atoms with Crippen molar-refractivity contribution >= 4 is 33.5 Å². The molecule has 1 aromatic rings. The first-order valence-electron chi connectivity index (χ1n) is 7.39. The number of carbonyl (C=O) groups is 3. The average Bonchev–Trinajstić information content (AvgIpc) is 3.05. The third-order valence-corrected chi connectivity index (χ3v) is 4.17. The van der Waals surface area contributed by atoms with E-state index < -0.39 is 0 Å². The second-order valence-corrected chi connectivity index (χ2v) is 6.21. The van der Waals surface area contributed by atoms with Crippen LogP contribution >= 0.6 is 15.9 Å². The Morgan fingerprint density at radius 2 is 1.68 bits per heavy atom. The molecule has 118 valence electrons. The van der Waals surface area contributed by atoms with Gasteiger partial charge >= 0.3 is 0 Å². The van der Waals surface area contributed by atoms with Gasteiger partial charge in [0.05, 0.1) is 6.54 Å². The Morgan fingerprint density at radius 1 is 1.05 bits per heavy atom. The Balaban J connectivity index is 1.69. The van der Waals surface area contributed by atoms with Crippen LogP contribution in [0.25, 0.3) is 0 Å². The quantitative estimate of drug-likeness (QED) is 0.784. The van der Waals surface area contributed by atoms with Crippen LogP contribution in [-0.4, -0.2) is 42.1 Å². The van der Waals surface area contributed by atoms with E-state index in [0.29, 0.717) is 5.56 Å². The van der Waals surface area contributed by atoms with Crippen molar-refractivity contribution in [3.8, 4) is 0 Å². The molecule has 1 fully saturated rings. The van der Waals surface area contributed by atoms with Crippen LogP contribution in [0.3, 0.4) is 0 Å². The summed E-state index contributed by atoms with van der Waals surface area (Å²) in [6, 6.07) is 7.03. The van der Waals surface area contributed by atoms with Crippen molar-refractivity contribution in [2.45, 2.75) is 25.7 Å². The summed E-state index contributed by atoms with van der Waals surface area (Å²) in [4.78, 5) is 37.2. The van der Waals surface area contributed by atoms with Crippen molar-refractivity contribution in [1.29, 1.82) is 0 Å². The number of benzene rings is 1. The van der Waals surface area contributed by atoms with E-state index in [9.17, 15) is 14.4 Å². The molecule has 5 nitrogen and oxygen atoms in total. The smallest absolute Gasteiger partial charge is 0.241 e. The third-order valence-electron chi connectivity index (χ3n) is 3.64. The van der Waals surface area contributed by atoms with Crippen LogP contribution in [-0.2, 0) is 9.59 Å². The van der Waals surface area contributed by atoms with Gasteiger partial charge in [0.2, 0.25) is 11.8 Å². The molecule has 1 aliphatic heterocycles. The number of nitrogens with one attached hydrogen (secondary N) is 1. The monoisotopic (exact) mass is 366 g/mol. The zero-order valence-electron chi connectivity index (χ0n) is 12.3. The number of hydrogen-bond donors (Lipinski definition) is 1. The number of carbonyl (C=O) groups excluding carboxylic acids is 3. The fourth-order valence-corrected chi connectivity index (χ4v) is 2.61. The number of hydrogen-bond acceptors (Lipinski definition) is 3. The Morgan fingerprint density at radius 3 is 2.32 bits per heavy atom. The lowest BCUT2D eigenvalue weighted by Crippen LogP contribution is -2.38. The summed E-state index contributed by atoms with van der Waals surface area (Å²) >= 11 is 3.31. The molecule has 0 spiro atoms. The molecule has 22 heavy (non-hydrogen) atoms. The van der Waals surface area contributed by atoms with Crippen LogP contribution in [0, 0.1) is 0 Å². The molecule has 0 unspecified atom stereocenters. The lowest BCUT2D eigenvalue weighted by molar-refractivity contribution is -0.132. The highest BCUT2D eigenvalue weighted by Crippen LogP contribution is 2.12. The van der Waals surface area contributed by atoms with E-state index in [1.165, 1.54) is 0 Å². The number of halogens is 1. The molecular formula is C16H19BrN2O3. The molecule has 0 radical (unpaired) electrons. The summed E-state index contributed by atoms with van der Waals surface area (Å²) in [6.45, 7) is 1.57. The topological polar surface area (TPSA) is 66.5 Å². The molecule has 1 aromatic carbocycles. The van der Waals surface area contributed by atoms with Crippen LogP contribution in [0.1, 0.15) is 36.0 Å². The first-order valence-corrected chi connectivity index (χ1v) is 8.19. The zero-order valence-corrected chi connectivity index (χ0v) is 13.9. The molecule has 0 aromatic heterocycles. The maximum atomic E-state index is 11.9. The molecule has 0 aliphatic carbocycles. The Bertz CT molecular complexity index is 551. The van der Waals surface area contributed by atoms with Crippen molar-refractivity contribution in [1.82, 2.24) is 10.2 Å². The minimum Gasteiger partial charge on any atom is -0.347 e. The predicted octanol–water partition coefficient (Wildman–Crippen LogP) is 2.15. The molecule has 0 bridgehead atoms. The highest BCUT2D eigenvalue weighted by Gasteiger charge is 2.18. The second kappa shape index (κ2) is 8.08. The van der Waals surface area contributed by atoms with E-state index in [-0.39, 0.29) is 37.0 Å². The molecule has 1 aliphatic rings. The van der Waals surface area contributed by atoms with Gasteiger partial charge in [-0.1, -0.05) is 28.1 Å². The maximum absolute atomic E-state index is 11.9. The minimum atomic E-state index is -0.266. The maximum Gasteiger partial charge on any atom is 0.241 e. The zero-order chi connectivity index (χ0) is 15.9. The molecule has 1 heterocycles. The fraction of sp³-hybridized carbons (Fsp3) is 0.438. The number of likely N-dealkylation sites (tertiary alicyclic amines) is 1. The van der Waals surface area contributed by atoms with Crippen LogP contribution in [0.4, 0.5) is 0 Å². The fourth-order valence-electron chi connectivity index (χ4n) is 2.35. The van der Waals surface area contributed by atoms with Gasteiger partial charge in [-0.05, 0) is 25.0 Å². The predicted molar refractivity (Wildman–Crippen MR) is 86.5 cm³/mol. The highest BCUT2D eigenvalue weighted by molar-refractivity contribution is 9.10. The lowest BCUT2D eigenvalue weighted by atomic mass is 10.1. The summed E-state index contributed by atoms with van der Waals surface area (Å²) in [5, 5.41) is 2.59. The van der Waals surface area contributed by atoms with Gasteiger partial charge in [0.15, 0.2) is 5.78 Å². The van der Waals surface area contributed by atoms with Crippen molar-refractivity contribution < 1.29 is 14.4 Å². The Labute approximate surface area is 138 Å². The Kier molecular flexibility index (Phi) is 6.12. The Hall–Kier alpha value is -1.69. The van der Waals surface area contributed by atoms with Crippen LogP contribution in [0.5, 0.6) is 0 Å². The van der Waals surface area contributed by atoms with Gasteiger partial charge in [0.25, 0.3) is 0 Å². The molecular weight excluding hydrogens is 348 g/mol. The van der Waals surface area contributed by atoms with E-state index in [4.69, 9.17) is 0 Å². The highest BCUT2D eigenvalue weighted by atomic mass is 79.9. The van der Waals surface area contributed by atoms with Crippen molar-refractivity contribution in [3.63, 3.8) is 0 Å². The van der Waals surface area contributed by atoms with Crippen LogP contribution < -0.4 is 5.32 Å². The van der Waals surface area contributed by atoms with E-state index in [2.05, 4.69) is 21.2 Å². The number of ketones is 1. The van der Waals surface area contributed by atoms with Gasteiger partial charge in [-0.2, -0.15) is 0 Å². The summed E-state index contributed by atoms with van der Waals surface area (Å²) in [6.07, 6.45) is 2.30. The van der Waals surface area contributed by atoms with Gasteiger partial charge in [0.1, 0.15) is 0 Å². The summed E-state index contributed by atoms with van der Waals surface area (Å²) in [7, 11) is 0. The van der Waals surface area contributed by atoms with Gasteiger partial charge in [-0.25, -0.2) is 0 Å². The summed E-state index contributed by atoms with van der Waals surface area (Å²) in [5.74, 6) is -0.392. The second-order valence-electron chi connectivity index (χ2n) is 5.29. The molecule has 1 N–H and O–H groups in total. The van der Waals surface area contributed by atoms with Gasteiger partial charge < -0.3 is 10.2 Å². The van der Waals surface area contributed by atoms with Crippen LogP contribution in [0.15, 0.2) is 28.7 Å². The van der Waals surface area contributed by atoms with Crippen molar-refractivity contribution in [3.05, 3.63) is 34.3 Å². The molecule has 6 heteroatoms. The number of rotatable bonds is 6. The SMILES string of the molecule is O=C(CCC(=O)c1ccc(Br)cc1)NCC(=O)N1CCCC1. The van der Waals surface area contributed by atoms with Crippen molar-refractivity contribution in [2.24, 2.45) is 0 Å². The number of nitrogens with zero attached hydrogens (tertiary/aromatic N) is 1. The normalized spacial score (nSPS) is 14.0. The number of amides is 2. The standard InChI is InChI=1S/C16H19BrN2O3/c17-13-5-3-12(4-6-13)14(20)7-8-15(21)18-11-16(22)19-9-1-2-10-19/h3-6H,1-2,7-11H2,(H,18,21). The molecule has 0 saturated carbocycles. The molecule has 2 rings (SSSR count). The summed E-state index contributed by atoms with van der Waals surface area (Å²) < 4.78 is 0.905. The third kappa shape index (κ3) is 4.94. The minimum absolute atomic E-state index is 0.0192. The van der Waals surface area contributed by atoms with Gasteiger partial charge in [-0.3, -0.25) is 14.4 Å². The average molecular weight is 367 g/mol. The van der Waals surface area contributed by atoms with E-state index >= 15 is 0 Å². The molecule has 2 amide bonds. The first kappa shape index (κ1) is 16.7. The van der Waals surface area contributed by atoms with E-state index in [1.807, 2.05) is 0 Å². The van der Waals surface area contributed by atoms with E-state index in [0.717, 1.165) is 30.4 Å². The largest absolute Gasteiger partial charge is 0.347 e. The molecule has 1 saturated heterocycles. The number of Topliss-reactive ketones (excluding diaryl/α,β-unsaturated/α-hetero) is 1. The lowest BCUT2D eigenvalue weighted by Gasteiger charge is -2.15. The molecule has 0 atom stereocenters. The van der Waals surface area contributed by atoms with Crippen molar-refractivity contribution in [2.75, 3.05) is 19.6 Å².